The van der Waals surface area contributed by atoms with Crippen LogP contribution < -0.4 is 16.2 Å². The Morgan fingerprint density at radius 2 is 1.91 bits per heavy atom. The van der Waals surface area contributed by atoms with Crippen LogP contribution in [0.4, 0.5) is 13.2 Å². The molecule has 0 aromatic carbocycles. The summed E-state index contributed by atoms with van der Waals surface area (Å²) in [7, 11) is 0. The minimum Gasteiger partial charge on any atom is -0.494 e. The molecule has 3 rings (SSSR count). The molecule has 1 saturated carbocycles. The number of carbonyl (C=O) groups excluding carboxylic acids is 2. The molecule has 1 aliphatic rings. The summed E-state index contributed by atoms with van der Waals surface area (Å²) in [6.07, 6.45) is -3.27. The summed E-state index contributed by atoms with van der Waals surface area (Å²) in [6.45, 7) is 4.55. The molecule has 0 bridgehead atoms. The van der Waals surface area contributed by atoms with Crippen LogP contribution >= 0.6 is 0 Å². The number of alkyl halides is 3. The first-order chi connectivity index (χ1) is 14.8. The lowest BCUT2D eigenvalue weighted by molar-refractivity contribution is -0.323. The Labute approximate surface area is 180 Å². The molecular weight excluding hydrogens is 435 g/mol. The van der Waals surface area contributed by atoms with Crippen LogP contribution in [0, 0.1) is 5.41 Å². The van der Waals surface area contributed by atoms with Gasteiger partial charge in [0.05, 0.1) is 6.61 Å². The Morgan fingerprint density at radius 3 is 2.47 bits per heavy atom. The first-order valence-corrected chi connectivity index (χ1v) is 9.92. The van der Waals surface area contributed by atoms with Gasteiger partial charge in [-0.2, -0.15) is 9.61 Å². The van der Waals surface area contributed by atoms with Crippen LogP contribution in [0.15, 0.2) is 10.9 Å². The number of rotatable bonds is 7. The van der Waals surface area contributed by atoms with Gasteiger partial charge in [-0.05, 0) is 18.3 Å². The van der Waals surface area contributed by atoms with Crippen LogP contribution in [0.3, 0.4) is 0 Å². The molecule has 13 heteroatoms. The average molecular weight is 459 g/mol. The lowest BCUT2D eigenvalue weighted by Gasteiger charge is -2.23. The summed E-state index contributed by atoms with van der Waals surface area (Å²) in [4.78, 5) is 37.8. The maximum atomic E-state index is 12.9. The Kier molecular flexibility index (Phi) is 6.22. The van der Waals surface area contributed by atoms with Crippen molar-refractivity contribution in [1.82, 2.24) is 24.8 Å². The van der Waals surface area contributed by atoms with Gasteiger partial charge < -0.3 is 15.7 Å². The van der Waals surface area contributed by atoms with Crippen molar-refractivity contribution in [2.75, 3.05) is 13.2 Å². The van der Waals surface area contributed by atoms with Gasteiger partial charge in [-0.1, -0.05) is 20.8 Å². The molecule has 176 valence electrons. The normalized spacial score (nSPS) is 14.6. The zero-order chi connectivity index (χ0) is 23.8. The number of carbonyl (C=O) groups is 2. The summed E-state index contributed by atoms with van der Waals surface area (Å²) in [5.41, 5.74) is -2.01. The van der Waals surface area contributed by atoms with Crippen molar-refractivity contribution in [1.29, 1.82) is 0 Å². The van der Waals surface area contributed by atoms with Crippen LogP contribution in [0.2, 0.25) is 0 Å². The molecule has 0 radical (unpaired) electrons. The number of ether oxygens (including phenoxy) is 1. The third-order valence-electron chi connectivity index (χ3n) is 4.51. The van der Waals surface area contributed by atoms with Crippen LogP contribution in [0.1, 0.15) is 54.5 Å². The highest BCUT2D eigenvalue weighted by atomic mass is 19.4. The van der Waals surface area contributed by atoms with E-state index < -0.39 is 48.3 Å². The Bertz CT molecular complexity index is 1100. The number of aromatic hydroxyl groups is 1. The van der Waals surface area contributed by atoms with E-state index >= 15 is 0 Å². The Morgan fingerprint density at radius 1 is 1.25 bits per heavy atom. The van der Waals surface area contributed by atoms with Gasteiger partial charge in [0.2, 0.25) is 5.88 Å². The summed E-state index contributed by atoms with van der Waals surface area (Å²) >= 11 is 0. The van der Waals surface area contributed by atoms with Crippen molar-refractivity contribution in [3.05, 3.63) is 27.7 Å². The molecule has 2 aromatic rings. The van der Waals surface area contributed by atoms with Gasteiger partial charge in [0.25, 0.3) is 17.4 Å². The number of hydrogen-bond donors (Lipinski definition) is 3. The summed E-state index contributed by atoms with van der Waals surface area (Å²) in [5, 5.41) is 19.6. The fraction of sp³-hybridized carbons (Fsp3) is 0.579. The first-order valence-electron chi connectivity index (χ1n) is 9.92. The molecule has 3 N–H and O–H groups in total. The third-order valence-corrected chi connectivity index (χ3v) is 4.51. The Hall–Kier alpha value is -3.09. The highest BCUT2D eigenvalue weighted by Gasteiger charge is 2.31. The zero-order valence-corrected chi connectivity index (χ0v) is 17.7. The Balaban J connectivity index is 1.97. The van der Waals surface area contributed by atoms with Gasteiger partial charge in [-0.15, -0.1) is 13.2 Å². The molecule has 0 unspecified atom stereocenters. The van der Waals surface area contributed by atoms with E-state index in [-0.39, 0.29) is 29.3 Å². The number of fused-ring (bicyclic) bond motifs is 1. The first kappa shape index (κ1) is 23.6. The smallest absolute Gasteiger partial charge is 0.494 e. The van der Waals surface area contributed by atoms with E-state index in [1.165, 1.54) is 10.6 Å². The van der Waals surface area contributed by atoms with E-state index in [0.717, 1.165) is 17.4 Å². The molecule has 0 saturated heterocycles. The predicted molar refractivity (Wildman–Crippen MR) is 105 cm³/mol. The summed E-state index contributed by atoms with van der Waals surface area (Å²) < 4.78 is 41.9. The van der Waals surface area contributed by atoms with Gasteiger partial charge in [-0.25, -0.2) is 0 Å². The largest absolute Gasteiger partial charge is 0.522 e. The fourth-order valence-electron chi connectivity index (χ4n) is 3.00. The van der Waals surface area contributed by atoms with Crippen molar-refractivity contribution in [2.24, 2.45) is 5.41 Å². The van der Waals surface area contributed by atoms with Gasteiger partial charge in [0.15, 0.2) is 11.3 Å². The number of hydrogen-bond acceptors (Lipinski definition) is 6. The predicted octanol–water partition coefficient (Wildman–Crippen LogP) is 1.41. The molecule has 1 fully saturated rings. The number of amides is 2. The molecule has 2 amide bonds. The van der Waals surface area contributed by atoms with E-state index in [9.17, 15) is 32.7 Å². The highest BCUT2D eigenvalue weighted by molar-refractivity contribution is 5.97. The molecule has 2 aromatic heterocycles. The number of aromatic nitrogens is 3. The topological polar surface area (TPSA) is 127 Å². The second kappa shape index (κ2) is 8.45. The van der Waals surface area contributed by atoms with Gasteiger partial charge in [0, 0.05) is 25.2 Å². The van der Waals surface area contributed by atoms with E-state index in [1.807, 2.05) is 20.8 Å². The second-order valence-electron chi connectivity index (χ2n) is 8.75. The van der Waals surface area contributed by atoms with Crippen molar-refractivity contribution >= 4 is 17.5 Å². The third kappa shape index (κ3) is 5.58. The van der Waals surface area contributed by atoms with Crippen LogP contribution in [-0.2, 0) is 11.3 Å². The maximum absolute atomic E-state index is 12.9. The van der Waals surface area contributed by atoms with E-state index in [1.54, 1.807) is 0 Å². The van der Waals surface area contributed by atoms with Gasteiger partial charge >= 0.3 is 6.36 Å². The molecule has 0 spiro atoms. The molecule has 10 nitrogen and oxygen atoms in total. The van der Waals surface area contributed by atoms with Crippen molar-refractivity contribution < 1.29 is 32.6 Å². The van der Waals surface area contributed by atoms with E-state index in [2.05, 4.69) is 20.5 Å². The van der Waals surface area contributed by atoms with E-state index in [0.29, 0.717) is 0 Å². The lowest BCUT2D eigenvalue weighted by atomic mass is 9.96. The maximum Gasteiger partial charge on any atom is 0.522 e. The van der Waals surface area contributed by atoms with Crippen LogP contribution in [0.25, 0.3) is 5.65 Å². The summed E-state index contributed by atoms with van der Waals surface area (Å²) in [6, 6.07) is 1.15. The fourth-order valence-corrected chi connectivity index (χ4v) is 3.00. The molecule has 0 aliphatic heterocycles. The number of halogens is 3. The van der Waals surface area contributed by atoms with E-state index in [4.69, 9.17) is 0 Å². The quantitative estimate of drug-likeness (QED) is 0.538. The molecule has 1 aliphatic carbocycles. The van der Waals surface area contributed by atoms with Crippen molar-refractivity contribution in [3.8, 4) is 5.88 Å². The molecule has 2 heterocycles. The lowest BCUT2D eigenvalue weighted by Crippen LogP contribution is -2.35. The molecule has 32 heavy (non-hydrogen) atoms. The highest BCUT2D eigenvalue weighted by Crippen LogP contribution is 2.26. The summed E-state index contributed by atoms with van der Waals surface area (Å²) in [5.74, 6) is -2.14. The molecular formula is C19H24F3N5O5. The zero-order valence-electron chi connectivity index (χ0n) is 17.7. The van der Waals surface area contributed by atoms with Crippen LogP contribution in [0.5, 0.6) is 5.88 Å². The minimum absolute atomic E-state index is 0.0575. The number of nitrogens with zero attached hydrogens (tertiary/aromatic N) is 3. The second-order valence-corrected chi connectivity index (χ2v) is 8.75. The standard InChI is InChI=1S/C19H24F3N5O5/c1-18(2,3)9-26-12-8-11(14(28)23-6-7-32-19(20,21)22)25-27(12)17(31)13(16(26)30)15(29)24-10-4-5-10/h8,10,30H,4-7,9H2,1-3H3,(H,23,28)(H,24,29). The monoisotopic (exact) mass is 459 g/mol. The number of nitrogens with one attached hydrogen (secondary N) is 2. The minimum atomic E-state index is -4.82. The van der Waals surface area contributed by atoms with Crippen molar-refractivity contribution in [3.63, 3.8) is 0 Å². The van der Waals surface area contributed by atoms with Crippen LogP contribution in [-0.4, -0.2) is 56.7 Å². The van der Waals surface area contributed by atoms with Gasteiger partial charge in [-0.3, -0.25) is 23.7 Å². The SMILES string of the molecule is CC(C)(C)Cn1c(O)c(C(=O)NC2CC2)c(=O)n2nc(C(=O)NCCOC(F)(F)F)cc12. The average Bonchev–Trinajstić information content (AvgIpc) is 3.34. The molecule has 0 atom stereocenters. The van der Waals surface area contributed by atoms with Crippen molar-refractivity contribution in [2.45, 2.75) is 52.6 Å². The van der Waals surface area contributed by atoms with Gasteiger partial charge in [0.1, 0.15) is 5.65 Å².